The van der Waals surface area contributed by atoms with Gasteiger partial charge in [0.1, 0.15) is 0 Å². The highest BCUT2D eigenvalue weighted by Gasteiger charge is 2.31. The average Bonchev–Trinajstić information content (AvgIpc) is 1.93. The highest BCUT2D eigenvalue weighted by atomic mass is 16.4. The van der Waals surface area contributed by atoms with Gasteiger partial charge in [-0.15, -0.1) is 0 Å². The van der Waals surface area contributed by atoms with E-state index in [2.05, 4.69) is 26.8 Å². The van der Waals surface area contributed by atoms with Gasteiger partial charge in [0.15, 0.2) is 0 Å². The van der Waals surface area contributed by atoms with Crippen LogP contribution in [-0.2, 0) is 4.79 Å². The molecule has 2 heteroatoms. The molecule has 1 rings (SSSR count). The molecule has 0 aromatic carbocycles. The summed E-state index contributed by atoms with van der Waals surface area (Å²) < 4.78 is 0. The number of hydrogen-bond donors (Lipinski definition) is 1. The Labute approximate surface area is 79.6 Å². The van der Waals surface area contributed by atoms with E-state index in [1.54, 1.807) is 0 Å². The molecule has 0 fully saturated rings. The predicted molar refractivity (Wildman–Crippen MR) is 52.5 cm³/mol. The van der Waals surface area contributed by atoms with Crippen LogP contribution in [0.5, 0.6) is 0 Å². The van der Waals surface area contributed by atoms with Crippen LogP contribution in [0.2, 0.25) is 0 Å². The first-order chi connectivity index (χ1) is 5.92. The third-order valence-electron chi connectivity index (χ3n) is 2.98. The molecule has 0 saturated heterocycles. The largest absolute Gasteiger partial charge is 0.481 e. The lowest BCUT2D eigenvalue weighted by Gasteiger charge is -2.35. The SMILES string of the molecule is CC1=CC(C)(C)[C@H](CC(=O)O)CC1. The molecular formula is C11H18O2. The van der Waals surface area contributed by atoms with Gasteiger partial charge < -0.3 is 5.11 Å². The normalized spacial score (nSPS) is 26.7. The summed E-state index contributed by atoms with van der Waals surface area (Å²) in [4.78, 5) is 10.6. The average molecular weight is 182 g/mol. The number of carboxylic acids is 1. The quantitative estimate of drug-likeness (QED) is 0.667. The van der Waals surface area contributed by atoms with Gasteiger partial charge in [-0.05, 0) is 31.1 Å². The summed E-state index contributed by atoms with van der Waals surface area (Å²) >= 11 is 0. The molecule has 0 saturated carbocycles. The molecule has 1 N–H and O–H groups in total. The summed E-state index contributed by atoms with van der Waals surface area (Å²) in [7, 11) is 0. The number of aliphatic carboxylic acids is 1. The summed E-state index contributed by atoms with van der Waals surface area (Å²) in [5.74, 6) is -0.375. The number of carbonyl (C=O) groups is 1. The highest BCUT2D eigenvalue weighted by molar-refractivity contribution is 5.67. The van der Waals surface area contributed by atoms with Crippen LogP contribution in [-0.4, -0.2) is 11.1 Å². The van der Waals surface area contributed by atoms with E-state index in [9.17, 15) is 4.79 Å². The molecule has 0 heterocycles. The fourth-order valence-corrected chi connectivity index (χ4v) is 2.17. The van der Waals surface area contributed by atoms with E-state index in [0.717, 1.165) is 12.8 Å². The maximum Gasteiger partial charge on any atom is 0.303 e. The van der Waals surface area contributed by atoms with Crippen LogP contribution in [0.1, 0.15) is 40.0 Å². The zero-order chi connectivity index (χ0) is 10.1. The second-order valence-electron chi connectivity index (χ2n) is 4.65. The first-order valence-electron chi connectivity index (χ1n) is 4.82. The van der Waals surface area contributed by atoms with E-state index in [1.165, 1.54) is 5.57 Å². The second kappa shape index (κ2) is 3.52. The third-order valence-corrected chi connectivity index (χ3v) is 2.98. The first-order valence-corrected chi connectivity index (χ1v) is 4.82. The van der Waals surface area contributed by atoms with Gasteiger partial charge in [-0.2, -0.15) is 0 Å². The monoisotopic (exact) mass is 182 g/mol. The van der Waals surface area contributed by atoms with Gasteiger partial charge in [0.25, 0.3) is 0 Å². The lowest BCUT2D eigenvalue weighted by Crippen LogP contribution is -2.27. The van der Waals surface area contributed by atoms with E-state index < -0.39 is 5.97 Å². The van der Waals surface area contributed by atoms with Crippen molar-refractivity contribution in [2.24, 2.45) is 11.3 Å². The fraction of sp³-hybridized carbons (Fsp3) is 0.727. The van der Waals surface area contributed by atoms with E-state index in [-0.39, 0.29) is 5.41 Å². The van der Waals surface area contributed by atoms with Crippen molar-refractivity contribution in [3.8, 4) is 0 Å². The molecule has 0 aromatic rings. The smallest absolute Gasteiger partial charge is 0.303 e. The summed E-state index contributed by atoms with van der Waals surface area (Å²) in [5, 5.41) is 8.74. The van der Waals surface area contributed by atoms with Crippen LogP contribution < -0.4 is 0 Å². The zero-order valence-corrected chi connectivity index (χ0v) is 8.63. The Morgan fingerprint density at radius 1 is 1.69 bits per heavy atom. The Kier molecular flexibility index (Phi) is 2.79. The maximum absolute atomic E-state index is 10.6. The molecule has 0 radical (unpaired) electrons. The molecule has 0 unspecified atom stereocenters. The van der Waals surface area contributed by atoms with Crippen LogP contribution in [0.25, 0.3) is 0 Å². The molecule has 74 valence electrons. The minimum Gasteiger partial charge on any atom is -0.481 e. The number of allylic oxidation sites excluding steroid dienone is 2. The maximum atomic E-state index is 10.6. The van der Waals surface area contributed by atoms with Crippen LogP contribution in [0.15, 0.2) is 11.6 Å². The fourth-order valence-electron chi connectivity index (χ4n) is 2.17. The zero-order valence-electron chi connectivity index (χ0n) is 8.63. The van der Waals surface area contributed by atoms with Crippen molar-refractivity contribution in [3.05, 3.63) is 11.6 Å². The predicted octanol–water partition coefficient (Wildman–Crippen LogP) is 2.84. The molecule has 1 aliphatic rings. The van der Waals surface area contributed by atoms with E-state index in [4.69, 9.17) is 5.11 Å². The van der Waals surface area contributed by atoms with Crippen molar-refractivity contribution in [2.45, 2.75) is 40.0 Å². The molecule has 0 aliphatic heterocycles. The van der Waals surface area contributed by atoms with Gasteiger partial charge in [-0.1, -0.05) is 25.5 Å². The van der Waals surface area contributed by atoms with Crippen LogP contribution in [0, 0.1) is 11.3 Å². The molecule has 0 spiro atoms. The van der Waals surface area contributed by atoms with E-state index in [0.29, 0.717) is 12.3 Å². The van der Waals surface area contributed by atoms with Gasteiger partial charge >= 0.3 is 5.97 Å². The number of carboxylic acid groups (broad SMARTS) is 1. The highest BCUT2D eigenvalue weighted by Crippen LogP contribution is 2.40. The molecule has 13 heavy (non-hydrogen) atoms. The Morgan fingerprint density at radius 3 is 2.77 bits per heavy atom. The standard InChI is InChI=1S/C11H18O2/c1-8-4-5-9(6-10(12)13)11(2,3)7-8/h7,9H,4-6H2,1-3H3,(H,12,13)/t9-/m0/s1. The van der Waals surface area contributed by atoms with Gasteiger partial charge in [0, 0.05) is 6.42 Å². The lowest BCUT2D eigenvalue weighted by molar-refractivity contribution is -0.139. The lowest BCUT2D eigenvalue weighted by atomic mass is 9.70. The summed E-state index contributed by atoms with van der Waals surface area (Å²) in [6, 6.07) is 0. The van der Waals surface area contributed by atoms with Crippen LogP contribution >= 0.6 is 0 Å². The number of rotatable bonds is 2. The van der Waals surface area contributed by atoms with Crippen molar-refractivity contribution < 1.29 is 9.90 Å². The topological polar surface area (TPSA) is 37.3 Å². The van der Waals surface area contributed by atoms with E-state index >= 15 is 0 Å². The van der Waals surface area contributed by atoms with Gasteiger partial charge in [0.05, 0.1) is 0 Å². The minimum absolute atomic E-state index is 0.0563. The van der Waals surface area contributed by atoms with Crippen molar-refractivity contribution in [2.75, 3.05) is 0 Å². The molecule has 0 aromatic heterocycles. The summed E-state index contributed by atoms with van der Waals surface area (Å²) in [6.45, 7) is 6.38. The minimum atomic E-state index is -0.675. The molecule has 1 aliphatic carbocycles. The third kappa shape index (κ3) is 2.58. The Hall–Kier alpha value is -0.790. The summed E-state index contributed by atoms with van der Waals surface area (Å²) in [6.07, 6.45) is 4.60. The molecule has 2 nitrogen and oxygen atoms in total. The van der Waals surface area contributed by atoms with Crippen LogP contribution in [0.4, 0.5) is 0 Å². The first kappa shape index (κ1) is 10.3. The Balaban J connectivity index is 2.73. The van der Waals surface area contributed by atoms with Gasteiger partial charge in [0.2, 0.25) is 0 Å². The van der Waals surface area contributed by atoms with Crippen molar-refractivity contribution in [1.82, 2.24) is 0 Å². The molecule has 1 atom stereocenters. The second-order valence-corrected chi connectivity index (χ2v) is 4.65. The number of hydrogen-bond acceptors (Lipinski definition) is 1. The van der Waals surface area contributed by atoms with Crippen molar-refractivity contribution in [3.63, 3.8) is 0 Å². The summed E-state index contributed by atoms with van der Waals surface area (Å²) in [5.41, 5.74) is 1.45. The molecule has 0 bridgehead atoms. The van der Waals surface area contributed by atoms with Crippen LogP contribution in [0.3, 0.4) is 0 Å². The van der Waals surface area contributed by atoms with Crippen molar-refractivity contribution >= 4 is 5.97 Å². The molecule has 0 amide bonds. The van der Waals surface area contributed by atoms with Gasteiger partial charge in [-0.3, -0.25) is 4.79 Å². The van der Waals surface area contributed by atoms with E-state index in [1.807, 2.05) is 0 Å². The molecular weight excluding hydrogens is 164 g/mol. The Bertz CT molecular complexity index is 238. The van der Waals surface area contributed by atoms with Crippen molar-refractivity contribution in [1.29, 1.82) is 0 Å². The van der Waals surface area contributed by atoms with Gasteiger partial charge in [-0.25, -0.2) is 0 Å². The Morgan fingerprint density at radius 2 is 2.31 bits per heavy atom.